The molecular weight excluding hydrogens is 138 g/mol. The zero-order valence-electron chi connectivity index (χ0n) is 4.66. The van der Waals surface area contributed by atoms with E-state index in [9.17, 15) is 9.59 Å². The van der Waals surface area contributed by atoms with Gasteiger partial charge in [0, 0.05) is 18.0 Å². The largest absolute Gasteiger partial charge is 0.302 e. The van der Waals surface area contributed by atoms with Gasteiger partial charge in [-0.3, -0.25) is 9.59 Å². The van der Waals surface area contributed by atoms with E-state index in [2.05, 4.69) is 6.58 Å². The number of nitrogens with zero attached hydrogens (tertiary/aromatic N) is 1. The second-order valence-corrected chi connectivity index (χ2v) is 2.56. The molecule has 1 amide bonds. The maximum absolute atomic E-state index is 10.6. The van der Waals surface area contributed by atoms with Crippen LogP contribution in [-0.4, -0.2) is 21.8 Å². The first kappa shape index (κ1) is 6.35. The van der Waals surface area contributed by atoms with Gasteiger partial charge >= 0.3 is 0 Å². The first-order valence-electron chi connectivity index (χ1n) is 2.38. The normalized spacial score (nSPS) is 18.9. The lowest BCUT2D eigenvalue weighted by atomic mass is 10.6. The molecule has 1 aliphatic heterocycles. The van der Waals surface area contributed by atoms with Crippen LogP contribution in [-0.2, 0) is 4.79 Å². The van der Waals surface area contributed by atoms with E-state index in [1.165, 1.54) is 11.1 Å². The number of rotatable bonds is 1. The predicted molar refractivity (Wildman–Crippen MR) is 34.9 cm³/mol. The number of carbonyl (C=O) groups is 2. The van der Waals surface area contributed by atoms with Crippen LogP contribution in [0.2, 0.25) is 0 Å². The highest BCUT2D eigenvalue weighted by atomic mass is 32.2. The standard InChI is InChI=1S/C5H5NO2S/c1-2-6-3-4(7)9-5(6)8/h2H,1,3H2. The first-order valence-corrected chi connectivity index (χ1v) is 3.19. The Balaban J connectivity index is 2.68. The Morgan fingerprint density at radius 2 is 2.33 bits per heavy atom. The van der Waals surface area contributed by atoms with Crippen molar-refractivity contribution in [3.8, 4) is 0 Å². The summed E-state index contributed by atoms with van der Waals surface area (Å²) in [5.41, 5.74) is 0. The van der Waals surface area contributed by atoms with E-state index in [0.717, 1.165) is 11.8 Å². The third-order valence-corrected chi connectivity index (χ3v) is 1.72. The lowest BCUT2D eigenvalue weighted by Crippen LogP contribution is -2.15. The molecule has 1 rings (SSSR count). The van der Waals surface area contributed by atoms with Gasteiger partial charge in [-0.1, -0.05) is 6.58 Å². The summed E-state index contributed by atoms with van der Waals surface area (Å²) < 4.78 is 0. The molecule has 0 aromatic heterocycles. The van der Waals surface area contributed by atoms with Crippen molar-refractivity contribution in [1.82, 2.24) is 4.90 Å². The number of carbonyl (C=O) groups excluding carboxylic acids is 2. The Bertz CT molecular complexity index is 178. The lowest BCUT2D eigenvalue weighted by Gasteiger charge is -2.02. The number of hydrogen-bond donors (Lipinski definition) is 0. The maximum Gasteiger partial charge on any atom is 0.293 e. The summed E-state index contributed by atoms with van der Waals surface area (Å²) in [6.45, 7) is 3.54. The molecule has 1 heterocycles. The average molecular weight is 143 g/mol. The van der Waals surface area contributed by atoms with Crippen LogP contribution in [0.3, 0.4) is 0 Å². The van der Waals surface area contributed by atoms with E-state index in [0.29, 0.717) is 0 Å². The van der Waals surface area contributed by atoms with E-state index < -0.39 is 0 Å². The van der Waals surface area contributed by atoms with Gasteiger partial charge in [0.15, 0.2) is 0 Å². The van der Waals surface area contributed by atoms with Crippen LogP contribution in [0.4, 0.5) is 4.79 Å². The van der Waals surface area contributed by atoms with Crippen LogP contribution in [0, 0.1) is 0 Å². The van der Waals surface area contributed by atoms with Crippen molar-refractivity contribution in [2.75, 3.05) is 6.54 Å². The minimum atomic E-state index is -0.227. The maximum atomic E-state index is 10.6. The quantitative estimate of drug-likeness (QED) is 0.545. The zero-order chi connectivity index (χ0) is 6.85. The summed E-state index contributed by atoms with van der Waals surface area (Å²) in [6.07, 6.45) is 1.36. The molecule has 0 bridgehead atoms. The van der Waals surface area contributed by atoms with Gasteiger partial charge in [0.2, 0.25) is 5.12 Å². The van der Waals surface area contributed by atoms with Crippen molar-refractivity contribution >= 4 is 22.1 Å². The highest BCUT2D eigenvalue weighted by Crippen LogP contribution is 2.18. The number of thioether (sulfide) groups is 1. The van der Waals surface area contributed by atoms with Crippen LogP contribution in [0.1, 0.15) is 0 Å². The van der Waals surface area contributed by atoms with E-state index in [-0.39, 0.29) is 16.9 Å². The van der Waals surface area contributed by atoms with Gasteiger partial charge in [0.1, 0.15) is 0 Å². The average Bonchev–Trinajstić information content (AvgIpc) is 2.10. The Hall–Kier alpha value is -0.770. The Kier molecular flexibility index (Phi) is 1.57. The third kappa shape index (κ3) is 1.13. The highest BCUT2D eigenvalue weighted by molar-refractivity contribution is 8.26. The second kappa shape index (κ2) is 2.23. The van der Waals surface area contributed by atoms with Crippen LogP contribution in [0.25, 0.3) is 0 Å². The fourth-order valence-electron chi connectivity index (χ4n) is 0.531. The van der Waals surface area contributed by atoms with Crippen molar-refractivity contribution in [3.05, 3.63) is 12.8 Å². The Morgan fingerprint density at radius 3 is 2.56 bits per heavy atom. The third-order valence-electron chi connectivity index (χ3n) is 0.955. The Morgan fingerprint density at radius 1 is 1.67 bits per heavy atom. The van der Waals surface area contributed by atoms with E-state index >= 15 is 0 Å². The smallest absolute Gasteiger partial charge is 0.293 e. The van der Waals surface area contributed by atoms with E-state index in [1.54, 1.807) is 0 Å². The molecule has 1 saturated heterocycles. The molecule has 0 saturated carbocycles. The molecule has 0 aromatic rings. The molecule has 3 nitrogen and oxygen atoms in total. The summed E-state index contributed by atoms with van der Waals surface area (Å²) >= 11 is 0.730. The summed E-state index contributed by atoms with van der Waals surface area (Å²) in [5.74, 6) is 0. The fraction of sp³-hybridized carbons (Fsp3) is 0.200. The molecule has 1 aliphatic rings. The first-order chi connectivity index (χ1) is 4.24. The molecule has 0 unspecified atom stereocenters. The summed E-state index contributed by atoms with van der Waals surface area (Å²) in [7, 11) is 0. The van der Waals surface area contributed by atoms with E-state index in [4.69, 9.17) is 0 Å². The van der Waals surface area contributed by atoms with Crippen LogP contribution < -0.4 is 0 Å². The molecule has 0 spiro atoms. The fourth-order valence-corrected chi connectivity index (χ4v) is 1.19. The monoisotopic (exact) mass is 143 g/mol. The lowest BCUT2D eigenvalue weighted by molar-refractivity contribution is -0.110. The van der Waals surface area contributed by atoms with Gasteiger partial charge in [0.05, 0.1) is 6.54 Å². The summed E-state index contributed by atoms with van der Waals surface area (Å²) in [5, 5.41) is -0.338. The van der Waals surface area contributed by atoms with Gasteiger partial charge in [-0.2, -0.15) is 0 Å². The molecule has 0 N–H and O–H groups in total. The second-order valence-electron chi connectivity index (χ2n) is 1.55. The van der Waals surface area contributed by atoms with Gasteiger partial charge in [-0.25, -0.2) is 0 Å². The summed E-state index contributed by atoms with van der Waals surface area (Å²) in [4.78, 5) is 22.4. The molecule has 0 aliphatic carbocycles. The Labute approximate surface area is 56.7 Å². The molecule has 4 heteroatoms. The molecule has 1 fully saturated rings. The molecule has 0 radical (unpaired) electrons. The van der Waals surface area contributed by atoms with Gasteiger partial charge in [0.25, 0.3) is 5.24 Å². The van der Waals surface area contributed by atoms with Gasteiger partial charge < -0.3 is 4.90 Å². The van der Waals surface area contributed by atoms with Crippen molar-refractivity contribution in [2.45, 2.75) is 0 Å². The van der Waals surface area contributed by atoms with Crippen LogP contribution in [0.15, 0.2) is 12.8 Å². The van der Waals surface area contributed by atoms with Gasteiger partial charge in [-0.15, -0.1) is 0 Å². The molecule has 0 atom stereocenters. The molecular formula is C5H5NO2S. The van der Waals surface area contributed by atoms with Crippen molar-refractivity contribution in [1.29, 1.82) is 0 Å². The number of amides is 1. The van der Waals surface area contributed by atoms with Crippen LogP contribution in [0.5, 0.6) is 0 Å². The molecule has 9 heavy (non-hydrogen) atoms. The van der Waals surface area contributed by atoms with Crippen molar-refractivity contribution in [2.24, 2.45) is 0 Å². The SMILES string of the molecule is C=CN1CC(=O)SC1=O. The van der Waals surface area contributed by atoms with E-state index in [1.807, 2.05) is 0 Å². The highest BCUT2D eigenvalue weighted by Gasteiger charge is 2.26. The van der Waals surface area contributed by atoms with Crippen LogP contribution >= 0.6 is 11.8 Å². The minimum Gasteiger partial charge on any atom is -0.302 e. The predicted octanol–water partition coefficient (Wildman–Crippen LogP) is 0.825. The number of hydrogen-bond acceptors (Lipinski definition) is 3. The minimum absolute atomic E-state index is 0.111. The molecule has 0 aromatic carbocycles. The molecule has 48 valence electrons. The van der Waals surface area contributed by atoms with Gasteiger partial charge in [-0.05, 0) is 0 Å². The van der Waals surface area contributed by atoms with Crippen molar-refractivity contribution in [3.63, 3.8) is 0 Å². The van der Waals surface area contributed by atoms with Crippen molar-refractivity contribution < 1.29 is 9.59 Å². The summed E-state index contributed by atoms with van der Waals surface area (Å²) in [6, 6.07) is 0. The topological polar surface area (TPSA) is 37.4 Å². The zero-order valence-corrected chi connectivity index (χ0v) is 5.48.